The van der Waals surface area contributed by atoms with E-state index in [0.717, 1.165) is 17.9 Å². The van der Waals surface area contributed by atoms with E-state index in [0.29, 0.717) is 17.8 Å². The number of hydrazine groups is 1. The summed E-state index contributed by atoms with van der Waals surface area (Å²) in [7, 11) is 0. The van der Waals surface area contributed by atoms with E-state index in [4.69, 9.17) is 5.84 Å². The molecule has 6 heteroatoms. The highest BCUT2D eigenvalue weighted by Gasteiger charge is 2.18. The van der Waals surface area contributed by atoms with Gasteiger partial charge in [0.25, 0.3) is 0 Å². The number of nitrogens with zero attached hydrogens (tertiary/aromatic N) is 3. The molecule has 0 aromatic carbocycles. The van der Waals surface area contributed by atoms with Crippen LogP contribution in [0.3, 0.4) is 0 Å². The SMILES string of the molecule is CC(CN1CCCC1)Nc1ncnc(NN)c1C(C)C. The minimum atomic E-state index is 0.309. The van der Waals surface area contributed by atoms with Crippen molar-refractivity contribution in [2.45, 2.75) is 45.6 Å². The Morgan fingerprint density at radius 2 is 1.85 bits per heavy atom. The largest absolute Gasteiger partial charge is 0.366 e. The zero-order valence-corrected chi connectivity index (χ0v) is 12.7. The standard InChI is InChI=1S/C14H26N6/c1-10(2)12-13(16-9-17-14(12)19-15)18-11(3)8-20-6-4-5-7-20/h9-11H,4-8,15H2,1-3H3,(H2,16,17,18,19). The van der Waals surface area contributed by atoms with Crippen LogP contribution in [-0.2, 0) is 0 Å². The molecule has 0 radical (unpaired) electrons. The molecule has 112 valence electrons. The van der Waals surface area contributed by atoms with Crippen molar-refractivity contribution >= 4 is 11.6 Å². The summed E-state index contributed by atoms with van der Waals surface area (Å²) in [6, 6.07) is 0.353. The minimum Gasteiger partial charge on any atom is -0.366 e. The quantitative estimate of drug-likeness (QED) is 0.544. The van der Waals surface area contributed by atoms with Gasteiger partial charge in [0.15, 0.2) is 0 Å². The van der Waals surface area contributed by atoms with Crippen molar-refractivity contribution in [1.82, 2.24) is 14.9 Å². The molecule has 2 heterocycles. The number of hydrogen-bond donors (Lipinski definition) is 3. The molecule has 1 saturated heterocycles. The van der Waals surface area contributed by atoms with Gasteiger partial charge in [-0.15, -0.1) is 0 Å². The third-order valence-corrected chi connectivity index (χ3v) is 3.71. The molecule has 1 aromatic rings. The Morgan fingerprint density at radius 1 is 1.20 bits per heavy atom. The van der Waals surface area contributed by atoms with E-state index in [-0.39, 0.29) is 0 Å². The third kappa shape index (κ3) is 3.58. The topological polar surface area (TPSA) is 79.1 Å². The van der Waals surface area contributed by atoms with E-state index < -0.39 is 0 Å². The highest BCUT2D eigenvalue weighted by atomic mass is 15.3. The predicted octanol–water partition coefficient (Wildman–Crippen LogP) is 1.78. The van der Waals surface area contributed by atoms with Crippen molar-refractivity contribution in [3.8, 4) is 0 Å². The highest BCUT2D eigenvalue weighted by Crippen LogP contribution is 2.28. The van der Waals surface area contributed by atoms with Crippen molar-refractivity contribution in [1.29, 1.82) is 0 Å². The molecule has 1 aromatic heterocycles. The van der Waals surface area contributed by atoms with E-state index in [1.54, 1.807) is 6.33 Å². The fourth-order valence-corrected chi connectivity index (χ4v) is 2.80. The number of hydrogen-bond acceptors (Lipinski definition) is 6. The Balaban J connectivity index is 2.07. The van der Waals surface area contributed by atoms with Gasteiger partial charge in [0.2, 0.25) is 0 Å². The smallest absolute Gasteiger partial charge is 0.148 e. The molecule has 6 nitrogen and oxygen atoms in total. The molecule has 0 bridgehead atoms. The summed E-state index contributed by atoms with van der Waals surface area (Å²) < 4.78 is 0. The number of nitrogens with two attached hydrogens (primary N) is 1. The van der Waals surface area contributed by atoms with E-state index in [2.05, 4.69) is 46.4 Å². The van der Waals surface area contributed by atoms with Crippen LogP contribution >= 0.6 is 0 Å². The van der Waals surface area contributed by atoms with E-state index in [9.17, 15) is 0 Å². The maximum absolute atomic E-state index is 5.54. The van der Waals surface area contributed by atoms with Crippen LogP contribution in [0.5, 0.6) is 0 Å². The number of rotatable bonds is 6. The van der Waals surface area contributed by atoms with Crippen LogP contribution in [0.4, 0.5) is 11.6 Å². The summed E-state index contributed by atoms with van der Waals surface area (Å²) in [6.07, 6.45) is 4.18. The molecule has 0 aliphatic carbocycles. The van der Waals surface area contributed by atoms with Gasteiger partial charge in [0.1, 0.15) is 18.0 Å². The first-order valence-electron chi connectivity index (χ1n) is 7.42. The zero-order chi connectivity index (χ0) is 14.5. The maximum Gasteiger partial charge on any atom is 0.148 e. The van der Waals surface area contributed by atoms with Crippen molar-refractivity contribution in [2.75, 3.05) is 30.4 Å². The Bertz CT molecular complexity index is 428. The van der Waals surface area contributed by atoms with Gasteiger partial charge in [-0.2, -0.15) is 0 Å². The lowest BCUT2D eigenvalue weighted by atomic mass is 10.0. The second kappa shape index (κ2) is 6.85. The van der Waals surface area contributed by atoms with Crippen molar-refractivity contribution in [3.05, 3.63) is 11.9 Å². The first-order chi connectivity index (χ1) is 9.61. The van der Waals surface area contributed by atoms with E-state index in [1.165, 1.54) is 25.9 Å². The molecule has 20 heavy (non-hydrogen) atoms. The van der Waals surface area contributed by atoms with Gasteiger partial charge in [-0.3, -0.25) is 0 Å². The molecule has 1 fully saturated rings. The van der Waals surface area contributed by atoms with Gasteiger partial charge in [0.05, 0.1) is 0 Å². The lowest BCUT2D eigenvalue weighted by Gasteiger charge is -2.24. The first kappa shape index (κ1) is 15.0. The summed E-state index contributed by atoms with van der Waals surface area (Å²) in [5.41, 5.74) is 3.71. The molecule has 0 amide bonds. The van der Waals surface area contributed by atoms with Gasteiger partial charge in [-0.1, -0.05) is 13.8 Å². The summed E-state index contributed by atoms with van der Waals surface area (Å²) in [5, 5.41) is 3.51. The lowest BCUT2D eigenvalue weighted by Crippen LogP contribution is -2.33. The summed E-state index contributed by atoms with van der Waals surface area (Å²) in [4.78, 5) is 11.1. The second-order valence-corrected chi connectivity index (χ2v) is 5.84. The van der Waals surface area contributed by atoms with Crippen LogP contribution < -0.4 is 16.6 Å². The Labute approximate surface area is 121 Å². The number of nitrogens with one attached hydrogen (secondary N) is 2. The molecule has 4 N–H and O–H groups in total. The van der Waals surface area contributed by atoms with Crippen LogP contribution in [0, 0.1) is 0 Å². The fraction of sp³-hybridized carbons (Fsp3) is 0.714. The Morgan fingerprint density at radius 3 is 2.45 bits per heavy atom. The number of anilines is 2. The molecule has 1 atom stereocenters. The molecular weight excluding hydrogens is 252 g/mol. The Hall–Kier alpha value is -1.40. The average molecular weight is 278 g/mol. The Kier molecular flexibility index (Phi) is 5.14. The van der Waals surface area contributed by atoms with Crippen molar-refractivity contribution in [2.24, 2.45) is 5.84 Å². The highest BCUT2D eigenvalue weighted by molar-refractivity contribution is 5.58. The van der Waals surface area contributed by atoms with Crippen LogP contribution in [0.2, 0.25) is 0 Å². The normalized spacial score (nSPS) is 17.4. The van der Waals surface area contributed by atoms with Gasteiger partial charge in [-0.25, -0.2) is 15.8 Å². The van der Waals surface area contributed by atoms with Crippen molar-refractivity contribution in [3.63, 3.8) is 0 Å². The summed E-state index contributed by atoms with van der Waals surface area (Å²) >= 11 is 0. The molecule has 0 spiro atoms. The van der Waals surface area contributed by atoms with E-state index >= 15 is 0 Å². The van der Waals surface area contributed by atoms with Crippen LogP contribution in [0.15, 0.2) is 6.33 Å². The molecular formula is C14H26N6. The number of likely N-dealkylation sites (tertiary alicyclic amines) is 1. The van der Waals surface area contributed by atoms with Gasteiger partial charge < -0.3 is 15.6 Å². The summed E-state index contributed by atoms with van der Waals surface area (Å²) in [6.45, 7) is 9.91. The van der Waals surface area contributed by atoms with Gasteiger partial charge >= 0.3 is 0 Å². The molecule has 2 rings (SSSR count). The molecule has 0 saturated carbocycles. The maximum atomic E-state index is 5.54. The lowest BCUT2D eigenvalue weighted by molar-refractivity contribution is 0.327. The fourth-order valence-electron chi connectivity index (χ4n) is 2.80. The molecule has 1 aliphatic rings. The van der Waals surface area contributed by atoms with Crippen molar-refractivity contribution < 1.29 is 0 Å². The average Bonchev–Trinajstić information content (AvgIpc) is 2.90. The van der Waals surface area contributed by atoms with Gasteiger partial charge in [-0.05, 0) is 38.8 Å². The van der Waals surface area contributed by atoms with Crippen LogP contribution in [0.1, 0.15) is 45.1 Å². The number of aromatic nitrogens is 2. The first-order valence-corrected chi connectivity index (χ1v) is 7.42. The predicted molar refractivity (Wildman–Crippen MR) is 82.7 cm³/mol. The minimum absolute atomic E-state index is 0.309. The number of nitrogen functional groups attached to an aromatic ring is 1. The third-order valence-electron chi connectivity index (χ3n) is 3.71. The van der Waals surface area contributed by atoms with Gasteiger partial charge in [0, 0.05) is 18.2 Å². The summed E-state index contributed by atoms with van der Waals surface area (Å²) in [5.74, 6) is 7.44. The van der Waals surface area contributed by atoms with E-state index in [1.807, 2.05) is 0 Å². The van der Waals surface area contributed by atoms with Crippen LogP contribution in [0.25, 0.3) is 0 Å². The van der Waals surface area contributed by atoms with Crippen LogP contribution in [-0.4, -0.2) is 40.5 Å². The molecule has 1 unspecified atom stereocenters. The molecule has 1 aliphatic heterocycles. The second-order valence-electron chi connectivity index (χ2n) is 5.84. The zero-order valence-electron chi connectivity index (χ0n) is 12.7. The monoisotopic (exact) mass is 278 g/mol.